The molecule has 3 unspecified atom stereocenters. The van der Waals surface area contributed by atoms with E-state index in [0.717, 1.165) is 11.8 Å². The highest BCUT2D eigenvalue weighted by molar-refractivity contribution is 7.99. The van der Waals surface area contributed by atoms with Gasteiger partial charge in [0.2, 0.25) is 0 Å². The minimum absolute atomic E-state index is 0.584. The molecule has 0 amide bonds. The lowest BCUT2D eigenvalue weighted by Gasteiger charge is -2.30. The van der Waals surface area contributed by atoms with Crippen molar-refractivity contribution in [3.05, 3.63) is 29.8 Å². The Morgan fingerprint density at radius 3 is 2.94 bits per heavy atom. The lowest BCUT2D eigenvalue weighted by Crippen LogP contribution is -2.32. The number of nitrogens with one attached hydrogen (secondary N) is 1. The molecule has 1 aromatic rings. The molecule has 1 saturated carbocycles. The summed E-state index contributed by atoms with van der Waals surface area (Å²) in [6.45, 7) is 3.64. The van der Waals surface area contributed by atoms with Crippen LogP contribution in [0.5, 0.6) is 0 Å². The second-order valence-corrected chi connectivity index (χ2v) is 6.89. The molecule has 0 saturated heterocycles. The van der Waals surface area contributed by atoms with E-state index in [-0.39, 0.29) is 0 Å². The van der Waals surface area contributed by atoms with Crippen LogP contribution in [0.2, 0.25) is 0 Å². The van der Waals surface area contributed by atoms with Crippen molar-refractivity contribution in [2.45, 2.75) is 43.5 Å². The van der Waals surface area contributed by atoms with Gasteiger partial charge in [-0.15, -0.1) is 11.8 Å². The van der Waals surface area contributed by atoms with Gasteiger partial charge in [-0.3, -0.25) is 0 Å². The lowest BCUT2D eigenvalue weighted by molar-refractivity contribution is 0.243. The summed E-state index contributed by atoms with van der Waals surface area (Å²) in [5.74, 6) is 3.02. The molecule has 1 aromatic carbocycles. The number of rotatable bonds is 3. The van der Waals surface area contributed by atoms with E-state index in [1.54, 1.807) is 0 Å². The van der Waals surface area contributed by atoms with Gasteiger partial charge in [-0.05, 0) is 36.4 Å². The highest BCUT2D eigenvalue weighted by Crippen LogP contribution is 2.38. The summed E-state index contributed by atoms with van der Waals surface area (Å²) < 4.78 is 0. The Morgan fingerprint density at radius 1 is 1.22 bits per heavy atom. The Kier molecular flexibility index (Phi) is 3.95. The van der Waals surface area contributed by atoms with E-state index < -0.39 is 0 Å². The first-order chi connectivity index (χ1) is 8.84. The van der Waals surface area contributed by atoms with E-state index in [0.29, 0.717) is 6.04 Å². The van der Waals surface area contributed by atoms with Crippen molar-refractivity contribution >= 4 is 11.8 Å². The molecule has 0 radical (unpaired) electrons. The van der Waals surface area contributed by atoms with Gasteiger partial charge in [-0.1, -0.05) is 44.4 Å². The van der Waals surface area contributed by atoms with Crippen molar-refractivity contribution in [2.24, 2.45) is 11.8 Å². The van der Waals surface area contributed by atoms with Crippen LogP contribution in [0, 0.1) is 11.8 Å². The molecule has 18 heavy (non-hydrogen) atoms. The fraction of sp³-hybridized carbons (Fsp3) is 0.625. The van der Waals surface area contributed by atoms with Gasteiger partial charge in [0.25, 0.3) is 0 Å². The van der Waals surface area contributed by atoms with Crippen molar-refractivity contribution in [3.63, 3.8) is 0 Å². The molecule has 1 N–H and O–H groups in total. The monoisotopic (exact) mass is 261 g/mol. The van der Waals surface area contributed by atoms with Crippen molar-refractivity contribution in [2.75, 3.05) is 12.3 Å². The van der Waals surface area contributed by atoms with E-state index >= 15 is 0 Å². The highest BCUT2D eigenvalue weighted by Gasteiger charge is 2.25. The van der Waals surface area contributed by atoms with Crippen LogP contribution in [0.25, 0.3) is 0 Å². The fourth-order valence-corrected chi connectivity index (χ4v) is 4.52. The summed E-state index contributed by atoms with van der Waals surface area (Å²) in [6.07, 6.45) is 5.74. The Hall–Kier alpha value is -0.470. The third-order valence-electron chi connectivity index (χ3n) is 4.62. The van der Waals surface area contributed by atoms with Crippen LogP contribution in [0.3, 0.4) is 0 Å². The van der Waals surface area contributed by atoms with E-state index in [1.165, 1.54) is 48.4 Å². The first-order valence-corrected chi connectivity index (χ1v) is 8.28. The molecule has 0 aromatic heterocycles. The summed E-state index contributed by atoms with van der Waals surface area (Å²) >= 11 is 2.00. The zero-order valence-corrected chi connectivity index (χ0v) is 12.0. The number of thioether (sulfide) groups is 1. The second kappa shape index (κ2) is 5.66. The van der Waals surface area contributed by atoms with E-state index in [2.05, 4.69) is 36.5 Å². The average molecular weight is 261 g/mol. The van der Waals surface area contributed by atoms with E-state index in [9.17, 15) is 0 Å². The first kappa shape index (κ1) is 12.6. The third-order valence-corrected chi connectivity index (χ3v) is 5.80. The van der Waals surface area contributed by atoms with Gasteiger partial charge in [-0.2, -0.15) is 0 Å². The number of hydrogen-bond donors (Lipinski definition) is 1. The predicted octanol–water partition coefficient (Wildman–Crippen LogP) is 4.25. The van der Waals surface area contributed by atoms with Crippen LogP contribution < -0.4 is 5.32 Å². The number of fused-ring (bicyclic) bond motifs is 1. The van der Waals surface area contributed by atoms with Crippen molar-refractivity contribution < 1.29 is 0 Å². The van der Waals surface area contributed by atoms with Gasteiger partial charge < -0.3 is 5.32 Å². The minimum Gasteiger partial charge on any atom is -0.309 e. The zero-order valence-electron chi connectivity index (χ0n) is 11.2. The van der Waals surface area contributed by atoms with Gasteiger partial charge in [0.1, 0.15) is 0 Å². The van der Waals surface area contributed by atoms with Gasteiger partial charge >= 0.3 is 0 Å². The van der Waals surface area contributed by atoms with Crippen LogP contribution in [0.15, 0.2) is 29.2 Å². The normalized spacial score (nSPS) is 31.3. The molecule has 98 valence electrons. The third kappa shape index (κ3) is 2.60. The smallest absolute Gasteiger partial charge is 0.0426 e. The quantitative estimate of drug-likeness (QED) is 0.873. The van der Waals surface area contributed by atoms with Crippen molar-refractivity contribution in [1.82, 2.24) is 5.32 Å². The van der Waals surface area contributed by atoms with Gasteiger partial charge in [0.05, 0.1) is 0 Å². The summed E-state index contributed by atoms with van der Waals surface area (Å²) in [7, 11) is 0. The SMILES string of the molecule is CC1CCCCC1CNC1CSc2ccccc21. The Balaban J connectivity index is 1.58. The van der Waals surface area contributed by atoms with Crippen molar-refractivity contribution in [1.29, 1.82) is 0 Å². The Morgan fingerprint density at radius 2 is 2.06 bits per heavy atom. The van der Waals surface area contributed by atoms with Gasteiger partial charge in [0.15, 0.2) is 0 Å². The molecule has 3 atom stereocenters. The molecular formula is C16H23NS. The molecule has 2 heteroatoms. The zero-order chi connectivity index (χ0) is 12.4. The molecule has 1 aliphatic heterocycles. The van der Waals surface area contributed by atoms with E-state index in [1.807, 2.05) is 11.8 Å². The van der Waals surface area contributed by atoms with Crippen LogP contribution >= 0.6 is 11.8 Å². The molecule has 1 aliphatic carbocycles. The molecule has 0 spiro atoms. The molecule has 0 bridgehead atoms. The first-order valence-electron chi connectivity index (χ1n) is 7.29. The average Bonchev–Trinajstić information content (AvgIpc) is 2.81. The standard InChI is InChI=1S/C16H23NS/c1-12-6-2-3-7-13(12)10-17-15-11-18-16-9-5-4-8-14(15)16/h4-5,8-9,12-13,15,17H,2-3,6-7,10-11H2,1H3. The van der Waals surface area contributed by atoms with Crippen molar-refractivity contribution in [3.8, 4) is 0 Å². The van der Waals surface area contributed by atoms with Crippen LogP contribution in [-0.4, -0.2) is 12.3 Å². The largest absolute Gasteiger partial charge is 0.309 e. The van der Waals surface area contributed by atoms with E-state index in [4.69, 9.17) is 0 Å². The molecular weight excluding hydrogens is 238 g/mol. The molecule has 3 rings (SSSR count). The predicted molar refractivity (Wildman–Crippen MR) is 79.0 cm³/mol. The number of hydrogen-bond acceptors (Lipinski definition) is 2. The highest BCUT2D eigenvalue weighted by atomic mass is 32.2. The van der Waals surface area contributed by atoms with Gasteiger partial charge in [0, 0.05) is 16.7 Å². The lowest BCUT2D eigenvalue weighted by atomic mass is 9.80. The Bertz CT molecular complexity index is 404. The second-order valence-electron chi connectivity index (χ2n) is 5.83. The maximum absolute atomic E-state index is 3.82. The molecule has 1 heterocycles. The van der Waals surface area contributed by atoms with Gasteiger partial charge in [-0.25, -0.2) is 0 Å². The molecule has 1 fully saturated rings. The summed E-state index contributed by atoms with van der Waals surface area (Å²) in [5, 5.41) is 3.82. The van der Waals surface area contributed by atoms with Crippen LogP contribution in [0.4, 0.5) is 0 Å². The summed E-state index contributed by atoms with van der Waals surface area (Å²) in [6, 6.07) is 9.45. The summed E-state index contributed by atoms with van der Waals surface area (Å²) in [4.78, 5) is 1.48. The molecule has 2 aliphatic rings. The maximum Gasteiger partial charge on any atom is 0.0426 e. The maximum atomic E-state index is 3.82. The van der Waals surface area contributed by atoms with Crippen LogP contribution in [-0.2, 0) is 0 Å². The van der Waals surface area contributed by atoms with Crippen LogP contribution in [0.1, 0.15) is 44.2 Å². The fourth-order valence-electron chi connectivity index (χ4n) is 3.32. The number of benzene rings is 1. The molecule has 1 nitrogen and oxygen atoms in total. The Labute approximate surface area is 115 Å². The topological polar surface area (TPSA) is 12.0 Å². The summed E-state index contributed by atoms with van der Waals surface area (Å²) in [5.41, 5.74) is 1.52. The minimum atomic E-state index is 0.584.